The molecule has 1 heteroatoms. The van der Waals surface area contributed by atoms with Gasteiger partial charge in [-0.05, 0) is 41.6 Å². The molecule has 0 heterocycles. The summed E-state index contributed by atoms with van der Waals surface area (Å²) in [5.74, 6) is 1.62. The van der Waals surface area contributed by atoms with Crippen LogP contribution in [0.2, 0.25) is 0 Å². The first-order chi connectivity index (χ1) is 8.78. The van der Waals surface area contributed by atoms with Gasteiger partial charge in [-0.15, -0.1) is 0 Å². The smallest absolute Gasteiger partial charge is 0.129 e. The topological polar surface area (TPSA) is 17.1 Å². The molecule has 1 aromatic carbocycles. The van der Waals surface area contributed by atoms with Crippen LogP contribution in [0.5, 0.6) is 0 Å². The molecule has 0 aliphatic heterocycles. The Balaban J connectivity index is 2.25. The van der Waals surface area contributed by atoms with Gasteiger partial charge in [0.2, 0.25) is 0 Å². The van der Waals surface area contributed by atoms with E-state index in [0.717, 1.165) is 12.8 Å². The minimum absolute atomic E-state index is 0.245. The van der Waals surface area contributed by atoms with Crippen molar-refractivity contribution in [3.05, 3.63) is 35.9 Å². The molecule has 0 amide bonds. The number of benzene rings is 1. The Hall–Kier alpha value is -1.11. The Labute approximate surface area is 117 Å². The van der Waals surface area contributed by atoms with Crippen molar-refractivity contribution in [2.75, 3.05) is 0 Å². The summed E-state index contributed by atoms with van der Waals surface area (Å²) in [7, 11) is 0. The zero-order valence-electron chi connectivity index (χ0n) is 12.9. The van der Waals surface area contributed by atoms with Gasteiger partial charge in [-0.2, -0.15) is 0 Å². The number of hydrogen-bond donors (Lipinski definition) is 0. The molecule has 2 rings (SSSR count). The van der Waals surface area contributed by atoms with E-state index in [2.05, 4.69) is 58.0 Å². The summed E-state index contributed by atoms with van der Waals surface area (Å²) in [6.45, 7) is 11.1. The Morgan fingerprint density at radius 1 is 1.21 bits per heavy atom. The zero-order valence-corrected chi connectivity index (χ0v) is 12.9. The maximum atomic E-state index is 11.3. The fourth-order valence-electron chi connectivity index (χ4n) is 4.12. The molecule has 1 aliphatic rings. The molecule has 1 nitrogen and oxygen atoms in total. The molecule has 1 aromatic rings. The van der Waals surface area contributed by atoms with Gasteiger partial charge in [0.1, 0.15) is 5.78 Å². The van der Waals surface area contributed by atoms with Gasteiger partial charge in [-0.3, -0.25) is 0 Å². The molecule has 104 valence electrons. The highest BCUT2D eigenvalue weighted by molar-refractivity contribution is 5.75. The van der Waals surface area contributed by atoms with Gasteiger partial charge in [-0.25, -0.2) is 0 Å². The first-order valence-corrected chi connectivity index (χ1v) is 7.33. The number of carbonyl (C=O) groups excluding carboxylic acids is 1. The van der Waals surface area contributed by atoms with E-state index >= 15 is 0 Å². The summed E-state index contributed by atoms with van der Waals surface area (Å²) >= 11 is 0. The molecule has 0 radical (unpaired) electrons. The number of carbonyl (C=O) groups is 1. The molecule has 0 N–H and O–H groups in total. The first-order valence-electron chi connectivity index (χ1n) is 7.33. The highest BCUT2D eigenvalue weighted by Gasteiger charge is 2.64. The van der Waals surface area contributed by atoms with Gasteiger partial charge in [0.05, 0.1) is 0 Å². The molecule has 1 fully saturated rings. The zero-order chi connectivity index (χ0) is 14.3. The Kier molecular flexibility index (Phi) is 3.59. The fourth-order valence-corrected chi connectivity index (χ4v) is 4.12. The van der Waals surface area contributed by atoms with Crippen LogP contribution in [0, 0.1) is 17.3 Å². The monoisotopic (exact) mass is 258 g/mol. The minimum atomic E-state index is 0.245. The summed E-state index contributed by atoms with van der Waals surface area (Å²) in [4.78, 5) is 11.3. The molecule has 0 aromatic heterocycles. The number of Topliss-reactive ketones (excluding diaryl/α,β-unsaturated/α-hetero) is 1. The minimum Gasteiger partial charge on any atom is -0.300 e. The largest absolute Gasteiger partial charge is 0.300 e. The third-order valence-electron chi connectivity index (χ3n) is 4.85. The predicted octanol–water partition coefficient (Wildman–Crippen LogP) is 4.61. The van der Waals surface area contributed by atoms with Crippen molar-refractivity contribution in [3.8, 4) is 0 Å². The van der Waals surface area contributed by atoms with Crippen molar-refractivity contribution in [1.82, 2.24) is 0 Å². The van der Waals surface area contributed by atoms with Crippen LogP contribution < -0.4 is 0 Å². The van der Waals surface area contributed by atoms with E-state index in [1.165, 1.54) is 5.56 Å². The van der Waals surface area contributed by atoms with E-state index < -0.39 is 0 Å². The van der Waals surface area contributed by atoms with Crippen molar-refractivity contribution in [3.63, 3.8) is 0 Å². The van der Waals surface area contributed by atoms with Crippen molar-refractivity contribution < 1.29 is 4.79 Å². The van der Waals surface area contributed by atoms with Crippen molar-refractivity contribution in [1.29, 1.82) is 0 Å². The van der Waals surface area contributed by atoms with Gasteiger partial charge in [-0.1, -0.05) is 58.0 Å². The third-order valence-corrected chi connectivity index (χ3v) is 4.85. The Morgan fingerprint density at radius 3 is 2.26 bits per heavy atom. The van der Waals surface area contributed by atoms with E-state index in [4.69, 9.17) is 0 Å². The average Bonchev–Trinajstić information content (AvgIpc) is 2.95. The van der Waals surface area contributed by atoms with Crippen LogP contribution in [0.1, 0.15) is 53.0 Å². The fraction of sp³-hybridized carbons (Fsp3) is 0.611. The van der Waals surface area contributed by atoms with Gasteiger partial charge in [0.15, 0.2) is 0 Å². The van der Waals surface area contributed by atoms with Crippen LogP contribution >= 0.6 is 0 Å². The lowest BCUT2D eigenvalue weighted by Gasteiger charge is -2.22. The molecule has 0 spiro atoms. The summed E-state index contributed by atoms with van der Waals surface area (Å²) in [5, 5.41) is 0. The lowest BCUT2D eigenvalue weighted by molar-refractivity contribution is -0.117. The second-order valence-corrected chi connectivity index (χ2v) is 7.34. The predicted molar refractivity (Wildman–Crippen MR) is 80.1 cm³/mol. The van der Waals surface area contributed by atoms with E-state index in [1.807, 2.05) is 0 Å². The molecular weight excluding hydrogens is 232 g/mol. The third kappa shape index (κ3) is 2.61. The van der Waals surface area contributed by atoms with Crippen LogP contribution in [0.4, 0.5) is 0 Å². The maximum Gasteiger partial charge on any atom is 0.129 e. The lowest BCUT2D eigenvalue weighted by Crippen LogP contribution is -2.16. The van der Waals surface area contributed by atoms with Crippen molar-refractivity contribution in [2.45, 2.75) is 52.9 Å². The number of rotatable bonds is 4. The highest BCUT2D eigenvalue weighted by Crippen LogP contribution is 2.67. The van der Waals surface area contributed by atoms with Crippen molar-refractivity contribution >= 4 is 5.78 Å². The van der Waals surface area contributed by atoms with E-state index in [-0.39, 0.29) is 5.41 Å². The molecule has 19 heavy (non-hydrogen) atoms. The van der Waals surface area contributed by atoms with E-state index in [1.54, 1.807) is 6.92 Å². The van der Waals surface area contributed by atoms with E-state index in [0.29, 0.717) is 23.0 Å². The average molecular weight is 258 g/mol. The van der Waals surface area contributed by atoms with Crippen LogP contribution in [0.15, 0.2) is 30.3 Å². The first kappa shape index (κ1) is 14.3. The Morgan fingerprint density at radius 2 is 1.79 bits per heavy atom. The van der Waals surface area contributed by atoms with Gasteiger partial charge < -0.3 is 4.79 Å². The normalized spacial score (nSPS) is 30.2. The molecule has 3 atom stereocenters. The van der Waals surface area contributed by atoms with E-state index in [9.17, 15) is 4.79 Å². The van der Waals surface area contributed by atoms with Crippen LogP contribution in [0.3, 0.4) is 0 Å². The second kappa shape index (κ2) is 4.77. The molecule has 1 saturated carbocycles. The van der Waals surface area contributed by atoms with Crippen molar-refractivity contribution in [2.24, 2.45) is 17.3 Å². The summed E-state index contributed by atoms with van der Waals surface area (Å²) < 4.78 is 0. The Bertz CT molecular complexity index is 454. The quantitative estimate of drug-likeness (QED) is 0.771. The maximum absolute atomic E-state index is 11.3. The molecule has 0 unspecified atom stereocenters. The highest BCUT2D eigenvalue weighted by atomic mass is 16.1. The van der Waals surface area contributed by atoms with Gasteiger partial charge >= 0.3 is 0 Å². The second-order valence-electron chi connectivity index (χ2n) is 7.34. The molecule has 0 saturated heterocycles. The number of ketones is 1. The molecule has 1 aliphatic carbocycles. The van der Waals surface area contributed by atoms with Gasteiger partial charge in [0, 0.05) is 6.42 Å². The molecule has 0 bridgehead atoms. The summed E-state index contributed by atoms with van der Waals surface area (Å²) in [5.41, 5.74) is 1.98. The SMILES string of the molecule is CC(=O)CC[C@H]1[C@@H](C(C)(C)C)[C@]1(C)c1ccccc1. The van der Waals surface area contributed by atoms with Crippen LogP contribution in [0.25, 0.3) is 0 Å². The summed E-state index contributed by atoms with van der Waals surface area (Å²) in [6.07, 6.45) is 1.75. The van der Waals surface area contributed by atoms with Crippen LogP contribution in [-0.4, -0.2) is 5.78 Å². The summed E-state index contributed by atoms with van der Waals surface area (Å²) in [6, 6.07) is 10.8. The number of hydrogen-bond acceptors (Lipinski definition) is 1. The van der Waals surface area contributed by atoms with Crippen LogP contribution in [-0.2, 0) is 10.2 Å². The van der Waals surface area contributed by atoms with Gasteiger partial charge in [0.25, 0.3) is 0 Å². The standard InChI is InChI=1S/C18H26O/c1-13(19)11-12-15-16(17(2,3)4)18(15,5)14-9-7-6-8-10-14/h6-10,15-16H,11-12H2,1-5H3/t15-,16-,18+/m0/s1. The lowest BCUT2D eigenvalue weighted by atomic mass is 9.82. The molecular formula is C18H26O.